The maximum Gasteiger partial charge on any atom is 0.338 e. The molecule has 1 aliphatic rings. The number of hydrogen-bond acceptors (Lipinski definition) is 7. The number of phenols is 1. The Kier molecular flexibility index (Phi) is 8.05. The van der Waals surface area contributed by atoms with Gasteiger partial charge in [0.05, 0.1) is 17.1 Å². The molecular weight excluding hydrogens is 516 g/mol. The third-order valence-corrected chi connectivity index (χ3v) is 6.26. The number of amides is 2. The first-order valence-corrected chi connectivity index (χ1v) is 11.6. The molecule has 0 bridgehead atoms. The summed E-state index contributed by atoms with van der Waals surface area (Å²) in [5, 5.41) is 12.7. The number of thiocarbonyl (C=S) groups is 1. The lowest BCUT2D eigenvalue weighted by molar-refractivity contribution is -0.122. The number of aromatic hydroxyl groups is 1. The van der Waals surface area contributed by atoms with Gasteiger partial charge in [-0.1, -0.05) is 39.9 Å². The van der Waals surface area contributed by atoms with Crippen molar-refractivity contribution in [1.82, 2.24) is 4.90 Å². The number of rotatable bonds is 7. The van der Waals surface area contributed by atoms with Crippen molar-refractivity contribution in [3.63, 3.8) is 0 Å². The maximum atomic E-state index is 12.7. The van der Waals surface area contributed by atoms with Crippen LogP contribution in [-0.4, -0.2) is 45.3 Å². The number of thioether (sulfide) groups is 1. The molecule has 166 valence electrons. The van der Waals surface area contributed by atoms with Gasteiger partial charge in [0.2, 0.25) is 5.91 Å². The molecule has 0 aromatic heterocycles. The van der Waals surface area contributed by atoms with E-state index in [4.69, 9.17) is 17.0 Å². The summed E-state index contributed by atoms with van der Waals surface area (Å²) in [6.07, 6.45) is 1.62. The van der Waals surface area contributed by atoms with E-state index < -0.39 is 5.97 Å². The molecule has 1 saturated heterocycles. The van der Waals surface area contributed by atoms with Crippen molar-refractivity contribution in [1.29, 1.82) is 0 Å². The van der Waals surface area contributed by atoms with Gasteiger partial charge in [-0.05, 0) is 55.5 Å². The van der Waals surface area contributed by atoms with Crippen LogP contribution in [0.3, 0.4) is 0 Å². The van der Waals surface area contributed by atoms with Gasteiger partial charge in [0.25, 0.3) is 5.91 Å². The predicted molar refractivity (Wildman–Crippen MR) is 131 cm³/mol. The number of halogens is 1. The highest BCUT2D eigenvalue weighted by Crippen LogP contribution is 2.34. The molecule has 0 unspecified atom stereocenters. The Morgan fingerprint density at radius 1 is 1.25 bits per heavy atom. The Labute approximate surface area is 202 Å². The second-order valence-electron chi connectivity index (χ2n) is 6.63. The number of esters is 1. The first-order chi connectivity index (χ1) is 15.3. The van der Waals surface area contributed by atoms with Crippen molar-refractivity contribution < 1.29 is 24.2 Å². The molecule has 32 heavy (non-hydrogen) atoms. The zero-order valence-electron chi connectivity index (χ0n) is 17.0. The fourth-order valence-electron chi connectivity index (χ4n) is 2.82. The van der Waals surface area contributed by atoms with Gasteiger partial charge < -0.3 is 15.2 Å². The van der Waals surface area contributed by atoms with Crippen molar-refractivity contribution >= 4 is 73.8 Å². The van der Waals surface area contributed by atoms with Crippen molar-refractivity contribution in [2.45, 2.75) is 13.3 Å². The van der Waals surface area contributed by atoms with Crippen LogP contribution in [0.2, 0.25) is 0 Å². The zero-order chi connectivity index (χ0) is 23.3. The molecule has 3 rings (SSSR count). The molecule has 10 heteroatoms. The van der Waals surface area contributed by atoms with E-state index in [-0.39, 0.29) is 37.1 Å². The number of nitrogens with one attached hydrogen (secondary N) is 1. The molecule has 0 aliphatic carbocycles. The fraction of sp³-hybridized carbons (Fsp3) is 0.182. The van der Waals surface area contributed by atoms with Crippen LogP contribution in [0.5, 0.6) is 5.75 Å². The minimum Gasteiger partial charge on any atom is -0.507 e. The Morgan fingerprint density at radius 2 is 1.97 bits per heavy atom. The quantitative estimate of drug-likeness (QED) is 0.305. The Bertz CT molecular complexity index is 1100. The largest absolute Gasteiger partial charge is 0.507 e. The summed E-state index contributed by atoms with van der Waals surface area (Å²) in [5.74, 6) is -0.988. The monoisotopic (exact) mass is 534 g/mol. The Balaban J connectivity index is 1.58. The number of benzene rings is 2. The van der Waals surface area contributed by atoms with Crippen LogP contribution in [0.15, 0.2) is 51.8 Å². The number of hydrogen-bond donors (Lipinski definition) is 2. The van der Waals surface area contributed by atoms with Crippen LogP contribution in [0.25, 0.3) is 6.08 Å². The second-order valence-corrected chi connectivity index (χ2v) is 9.22. The van der Waals surface area contributed by atoms with Crippen LogP contribution >= 0.6 is 39.9 Å². The summed E-state index contributed by atoms with van der Waals surface area (Å²) in [7, 11) is 0. The topological polar surface area (TPSA) is 95.9 Å². The van der Waals surface area contributed by atoms with E-state index in [2.05, 4.69) is 21.2 Å². The van der Waals surface area contributed by atoms with E-state index >= 15 is 0 Å². The van der Waals surface area contributed by atoms with Crippen LogP contribution in [0, 0.1) is 0 Å². The number of carbonyl (C=O) groups excluding carboxylic acids is 3. The fourth-order valence-corrected chi connectivity index (χ4v) is 4.49. The Hall–Kier alpha value is -2.69. The molecule has 1 fully saturated rings. The van der Waals surface area contributed by atoms with Gasteiger partial charge in [-0.25, -0.2) is 4.79 Å². The third-order valence-electron chi connectivity index (χ3n) is 4.39. The molecule has 2 amide bonds. The van der Waals surface area contributed by atoms with E-state index in [1.807, 2.05) is 0 Å². The minimum absolute atomic E-state index is 0.0431. The lowest BCUT2D eigenvalue weighted by Crippen LogP contribution is -2.31. The molecule has 2 aromatic carbocycles. The van der Waals surface area contributed by atoms with E-state index in [0.29, 0.717) is 26.0 Å². The highest BCUT2D eigenvalue weighted by molar-refractivity contribution is 9.10. The molecular formula is C22H19BrN2O5S2. The van der Waals surface area contributed by atoms with Crippen molar-refractivity contribution in [3.8, 4) is 5.75 Å². The lowest BCUT2D eigenvalue weighted by Gasteiger charge is -2.14. The zero-order valence-corrected chi connectivity index (χ0v) is 20.2. The molecule has 0 radical (unpaired) electrons. The van der Waals surface area contributed by atoms with Crippen LogP contribution < -0.4 is 5.32 Å². The standard InChI is InChI=1S/C22H19BrN2O5S2/c1-2-30-21(29)13-3-6-16(7-4-13)24-19(27)9-10-25-20(28)18(32-22(25)31)12-14-11-15(23)5-8-17(14)26/h3-8,11-12,26H,2,9-10H2,1H3,(H,24,27)/b18-12-. The summed E-state index contributed by atoms with van der Waals surface area (Å²) >= 11 is 9.75. The number of nitrogens with zero attached hydrogens (tertiary/aromatic N) is 1. The number of phenolic OH excluding ortho intramolecular Hbond substituents is 1. The summed E-state index contributed by atoms with van der Waals surface area (Å²) in [5.41, 5.74) is 1.41. The van der Waals surface area contributed by atoms with Gasteiger partial charge in [-0.2, -0.15) is 0 Å². The van der Waals surface area contributed by atoms with Gasteiger partial charge in [0, 0.05) is 28.7 Å². The number of carbonyl (C=O) groups is 3. The van der Waals surface area contributed by atoms with Gasteiger partial charge in [-0.3, -0.25) is 14.5 Å². The second kappa shape index (κ2) is 10.8. The average Bonchev–Trinajstić information content (AvgIpc) is 3.02. The minimum atomic E-state index is -0.427. The van der Waals surface area contributed by atoms with Crippen molar-refractivity contribution in [2.24, 2.45) is 0 Å². The number of anilines is 1. The summed E-state index contributed by atoms with van der Waals surface area (Å²) in [4.78, 5) is 38.5. The molecule has 2 aromatic rings. The summed E-state index contributed by atoms with van der Waals surface area (Å²) < 4.78 is 6.04. The van der Waals surface area contributed by atoms with Gasteiger partial charge >= 0.3 is 5.97 Å². The average molecular weight is 535 g/mol. The van der Waals surface area contributed by atoms with E-state index in [0.717, 1.165) is 16.2 Å². The van der Waals surface area contributed by atoms with Crippen molar-refractivity contribution in [3.05, 3.63) is 63.0 Å². The van der Waals surface area contributed by atoms with Crippen LogP contribution in [0.4, 0.5) is 5.69 Å². The van der Waals surface area contributed by atoms with E-state index in [1.54, 1.807) is 49.4 Å². The molecule has 0 saturated carbocycles. The first-order valence-electron chi connectivity index (χ1n) is 9.59. The summed E-state index contributed by atoms with van der Waals surface area (Å²) in [6, 6.07) is 11.3. The number of ether oxygens (including phenoxy) is 1. The van der Waals surface area contributed by atoms with E-state index in [1.165, 1.54) is 11.0 Å². The maximum absolute atomic E-state index is 12.7. The smallest absolute Gasteiger partial charge is 0.338 e. The van der Waals surface area contributed by atoms with Crippen LogP contribution in [0.1, 0.15) is 29.3 Å². The Morgan fingerprint density at radius 3 is 2.66 bits per heavy atom. The molecule has 2 N–H and O–H groups in total. The predicted octanol–water partition coefficient (Wildman–Crippen LogP) is 4.56. The highest BCUT2D eigenvalue weighted by Gasteiger charge is 2.32. The van der Waals surface area contributed by atoms with Gasteiger partial charge in [0.1, 0.15) is 10.1 Å². The molecule has 7 nitrogen and oxygen atoms in total. The summed E-state index contributed by atoms with van der Waals surface area (Å²) in [6.45, 7) is 2.14. The van der Waals surface area contributed by atoms with Gasteiger partial charge in [0.15, 0.2) is 0 Å². The molecule has 0 spiro atoms. The van der Waals surface area contributed by atoms with Crippen LogP contribution in [-0.2, 0) is 14.3 Å². The third kappa shape index (κ3) is 5.96. The molecule has 1 heterocycles. The molecule has 1 aliphatic heterocycles. The molecule has 0 atom stereocenters. The first kappa shape index (κ1) is 24.0. The normalized spacial score (nSPS) is 14.7. The lowest BCUT2D eigenvalue weighted by atomic mass is 10.2. The van der Waals surface area contributed by atoms with Gasteiger partial charge in [-0.15, -0.1) is 0 Å². The van der Waals surface area contributed by atoms with E-state index in [9.17, 15) is 19.5 Å². The van der Waals surface area contributed by atoms with Crippen molar-refractivity contribution in [2.75, 3.05) is 18.5 Å². The SMILES string of the molecule is CCOC(=O)c1ccc(NC(=O)CCN2C(=O)/C(=C/c3cc(Br)ccc3O)SC2=S)cc1. The highest BCUT2D eigenvalue weighted by atomic mass is 79.9.